The van der Waals surface area contributed by atoms with Gasteiger partial charge in [0.25, 0.3) is 0 Å². The molecule has 1 aromatic heterocycles. The number of halogens is 3. The Balaban J connectivity index is 1.94. The molecule has 0 aliphatic rings. The zero-order valence-corrected chi connectivity index (χ0v) is 12.6. The molecule has 6 heteroatoms. The van der Waals surface area contributed by atoms with E-state index in [1.165, 1.54) is 23.5 Å². The molecule has 0 bridgehead atoms. The zero-order valence-electron chi connectivity index (χ0n) is 9.45. The van der Waals surface area contributed by atoms with Crippen LogP contribution in [0.15, 0.2) is 40.9 Å². The van der Waals surface area contributed by atoms with Crippen LogP contribution in [0.5, 0.6) is 0 Å². The second-order valence-corrected chi connectivity index (χ2v) is 6.18. The molecule has 2 nitrogen and oxygen atoms in total. The van der Waals surface area contributed by atoms with E-state index >= 15 is 0 Å². The molecule has 2 aromatic carbocycles. The highest BCUT2D eigenvalue weighted by molar-refractivity contribution is 9.10. The number of hydrogen-bond donors (Lipinski definition) is 1. The number of aromatic nitrogens is 1. The van der Waals surface area contributed by atoms with E-state index in [1.807, 2.05) is 12.1 Å². The van der Waals surface area contributed by atoms with Crippen LogP contribution in [0.3, 0.4) is 0 Å². The predicted octanol–water partition coefficient (Wildman–Crippen LogP) is 5.59. The Morgan fingerprint density at radius 2 is 2.05 bits per heavy atom. The topological polar surface area (TPSA) is 24.9 Å². The molecule has 0 radical (unpaired) electrons. The normalized spacial score (nSPS) is 10.9. The smallest absolute Gasteiger partial charge is 0.188 e. The van der Waals surface area contributed by atoms with Crippen LogP contribution in [-0.4, -0.2) is 4.98 Å². The maximum Gasteiger partial charge on any atom is 0.188 e. The lowest BCUT2D eigenvalue weighted by Crippen LogP contribution is -1.88. The number of nitrogens with one attached hydrogen (secondary N) is 1. The highest BCUT2D eigenvalue weighted by Gasteiger charge is 2.06. The summed E-state index contributed by atoms with van der Waals surface area (Å²) in [5.74, 6) is -0.253. The summed E-state index contributed by atoms with van der Waals surface area (Å²) in [6.45, 7) is 0. The van der Waals surface area contributed by atoms with Crippen molar-refractivity contribution in [3.05, 3.63) is 51.7 Å². The molecule has 0 aliphatic carbocycles. The minimum absolute atomic E-state index is 0.253. The average Bonchev–Trinajstić information content (AvgIpc) is 2.75. The molecular weight excluding hydrogens is 351 g/mol. The fourth-order valence-electron chi connectivity index (χ4n) is 1.65. The van der Waals surface area contributed by atoms with Gasteiger partial charge in [0.1, 0.15) is 5.82 Å². The number of nitrogens with zero attached hydrogens (tertiary/aromatic N) is 1. The molecule has 1 N–H and O–H groups in total. The van der Waals surface area contributed by atoms with Crippen molar-refractivity contribution in [2.75, 3.05) is 5.32 Å². The van der Waals surface area contributed by atoms with Gasteiger partial charge >= 0.3 is 0 Å². The molecule has 19 heavy (non-hydrogen) atoms. The van der Waals surface area contributed by atoms with Crippen LogP contribution in [0.4, 0.5) is 15.2 Å². The third kappa shape index (κ3) is 2.73. The van der Waals surface area contributed by atoms with E-state index in [4.69, 9.17) is 11.6 Å². The predicted molar refractivity (Wildman–Crippen MR) is 82.0 cm³/mol. The van der Waals surface area contributed by atoms with Gasteiger partial charge in [0.15, 0.2) is 5.13 Å². The SMILES string of the molecule is Fc1ccc2nc(Nc3ccc(Cl)c(Br)c3)sc2c1. The van der Waals surface area contributed by atoms with E-state index in [9.17, 15) is 4.39 Å². The average molecular weight is 358 g/mol. The summed E-state index contributed by atoms with van der Waals surface area (Å²) < 4.78 is 14.7. The standard InChI is InChI=1S/C13H7BrClFN2S/c14-9-6-8(2-3-10(9)15)17-13-18-11-4-1-7(16)5-12(11)19-13/h1-6H,(H,17,18). The van der Waals surface area contributed by atoms with Crippen LogP contribution >= 0.6 is 38.9 Å². The van der Waals surface area contributed by atoms with Crippen molar-refractivity contribution in [2.45, 2.75) is 0 Å². The quantitative estimate of drug-likeness (QED) is 0.646. The third-order valence-corrected chi connectivity index (χ3v) is 4.67. The van der Waals surface area contributed by atoms with E-state index in [-0.39, 0.29) is 5.82 Å². The summed E-state index contributed by atoms with van der Waals surface area (Å²) >= 11 is 10.7. The van der Waals surface area contributed by atoms with Gasteiger partial charge in [-0.25, -0.2) is 9.37 Å². The highest BCUT2D eigenvalue weighted by atomic mass is 79.9. The Labute approximate surface area is 126 Å². The molecule has 3 rings (SSSR count). The molecule has 96 valence electrons. The summed E-state index contributed by atoms with van der Waals surface area (Å²) in [6.07, 6.45) is 0. The van der Waals surface area contributed by atoms with Gasteiger partial charge in [0.2, 0.25) is 0 Å². The lowest BCUT2D eigenvalue weighted by Gasteiger charge is -2.03. The van der Waals surface area contributed by atoms with Crippen molar-refractivity contribution in [3.8, 4) is 0 Å². The van der Waals surface area contributed by atoms with E-state index in [2.05, 4.69) is 26.2 Å². The molecule has 0 unspecified atom stereocenters. The number of thiazole rings is 1. The molecule has 0 spiro atoms. The molecule has 1 heterocycles. The molecule has 0 amide bonds. The van der Waals surface area contributed by atoms with Gasteiger partial charge in [-0.1, -0.05) is 22.9 Å². The molecule has 3 aromatic rings. The Kier molecular flexibility index (Phi) is 3.43. The van der Waals surface area contributed by atoms with Crippen LogP contribution in [0.25, 0.3) is 10.2 Å². The van der Waals surface area contributed by atoms with Crippen LogP contribution in [0.1, 0.15) is 0 Å². The maximum absolute atomic E-state index is 13.1. The first-order chi connectivity index (χ1) is 9.11. The first-order valence-electron chi connectivity index (χ1n) is 5.40. The van der Waals surface area contributed by atoms with E-state index in [0.717, 1.165) is 25.5 Å². The monoisotopic (exact) mass is 356 g/mol. The molecule has 0 saturated carbocycles. The van der Waals surface area contributed by atoms with Crippen LogP contribution in [0, 0.1) is 5.82 Å². The van der Waals surface area contributed by atoms with Crippen LogP contribution in [-0.2, 0) is 0 Å². The molecule has 0 fully saturated rings. The Bertz CT molecular complexity index is 759. The molecular formula is C13H7BrClFN2S. The van der Waals surface area contributed by atoms with Gasteiger partial charge in [0, 0.05) is 10.2 Å². The second-order valence-electron chi connectivity index (χ2n) is 3.88. The van der Waals surface area contributed by atoms with Crippen molar-refractivity contribution in [1.82, 2.24) is 4.98 Å². The van der Waals surface area contributed by atoms with Crippen LogP contribution < -0.4 is 5.32 Å². The molecule has 0 saturated heterocycles. The Morgan fingerprint density at radius 3 is 2.84 bits per heavy atom. The van der Waals surface area contributed by atoms with Gasteiger partial charge in [-0.15, -0.1) is 0 Å². The fraction of sp³-hybridized carbons (Fsp3) is 0. The van der Waals surface area contributed by atoms with Crippen molar-refractivity contribution >= 4 is 59.9 Å². The van der Waals surface area contributed by atoms with Gasteiger partial charge < -0.3 is 5.32 Å². The van der Waals surface area contributed by atoms with E-state index < -0.39 is 0 Å². The number of fused-ring (bicyclic) bond motifs is 1. The minimum atomic E-state index is -0.253. The van der Waals surface area contributed by atoms with Gasteiger partial charge in [0.05, 0.1) is 15.2 Å². The summed E-state index contributed by atoms with van der Waals surface area (Å²) in [4.78, 5) is 4.39. The number of anilines is 2. The summed E-state index contributed by atoms with van der Waals surface area (Å²) in [5.41, 5.74) is 1.65. The third-order valence-electron chi connectivity index (χ3n) is 2.52. The van der Waals surface area contributed by atoms with Gasteiger partial charge in [-0.2, -0.15) is 0 Å². The van der Waals surface area contributed by atoms with Crippen LogP contribution in [0.2, 0.25) is 5.02 Å². The fourth-order valence-corrected chi connectivity index (χ4v) is 3.06. The van der Waals surface area contributed by atoms with Gasteiger partial charge in [-0.3, -0.25) is 0 Å². The lowest BCUT2D eigenvalue weighted by molar-refractivity contribution is 0.630. The first kappa shape index (κ1) is 12.8. The largest absolute Gasteiger partial charge is 0.331 e. The van der Waals surface area contributed by atoms with Crippen molar-refractivity contribution in [1.29, 1.82) is 0 Å². The summed E-state index contributed by atoms with van der Waals surface area (Å²) in [5, 5.41) is 4.54. The molecule has 0 aliphatic heterocycles. The minimum Gasteiger partial charge on any atom is -0.331 e. The maximum atomic E-state index is 13.1. The first-order valence-corrected chi connectivity index (χ1v) is 7.39. The van der Waals surface area contributed by atoms with Gasteiger partial charge in [-0.05, 0) is 52.3 Å². The van der Waals surface area contributed by atoms with Crippen molar-refractivity contribution in [3.63, 3.8) is 0 Å². The van der Waals surface area contributed by atoms with Crippen molar-refractivity contribution in [2.24, 2.45) is 0 Å². The second kappa shape index (κ2) is 5.07. The number of benzene rings is 2. The highest BCUT2D eigenvalue weighted by Crippen LogP contribution is 2.31. The van der Waals surface area contributed by atoms with E-state index in [0.29, 0.717) is 5.02 Å². The number of hydrogen-bond acceptors (Lipinski definition) is 3. The molecule has 0 atom stereocenters. The summed E-state index contributed by atoms with van der Waals surface area (Å²) in [6, 6.07) is 10.1. The van der Waals surface area contributed by atoms with E-state index in [1.54, 1.807) is 12.1 Å². The lowest BCUT2D eigenvalue weighted by atomic mass is 10.3. The zero-order chi connectivity index (χ0) is 13.4. The summed E-state index contributed by atoms with van der Waals surface area (Å²) in [7, 11) is 0. The van der Waals surface area contributed by atoms with Crippen molar-refractivity contribution < 1.29 is 4.39 Å². The Morgan fingerprint density at radius 1 is 1.21 bits per heavy atom. The number of rotatable bonds is 2. The Hall–Kier alpha value is -1.17.